The van der Waals surface area contributed by atoms with E-state index in [0.717, 1.165) is 18.7 Å². The molecule has 0 aliphatic rings. The molecule has 7 heteroatoms. The molecule has 0 radical (unpaired) electrons. The summed E-state index contributed by atoms with van der Waals surface area (Å²) in [5.41, 5.74) is 0. The van der Waals surface area contributed by atoms with E-state index in [1.54, 1.807) is 12.4 Å². The van der Waals surface area contributed by atoms with Crippen molar-refractivity contribution < 1.29 is 4.79 Å². The van der Waals surface area contributed by atoms with Gasteiger partial charge in [-0.3, -0.25) is 4.79 Å². The van der Waals surface area contributed by atoms with E-state index in [2.05, 4.69) is 25.4 Å². The SMILES string of the molecule is O=C(Cn1cncn1)NCCCc1ncc[nH]1. The van der Waals surface area contributed by atoms with E-state index in [1.807, 2.05) is 0 Å². The average molecular weight is 234 g/mol. The van der Waals surface area contributed by atoms with E-state index in [9.17, 15) is 4.79 Å². The van der Waals surface area contributed by atoms with E-state index in [1.165, 1.54) is 17.3 Å². The molecule has 2 N–H and O–H groups in total. The zero-order chi connectivity index (χ0) is 11.9. The molecular weight excluding hydrogens is 220 g/mol. The molecule has 90 valence electrons. The molecule has 0 aromatic carbocycles. The van der Waals surface area contributed by atoms with Crippen LogP contribution in [0.2, 0.25) is 0 Å². The minimum absolute atomic E-state index is 0.0602. The van der Waals surface area contributed by atoms with Gasteiger partial charge in [-0.25, -0.2) is 14.6 Å². The first-order valence-electron chi connectivity index (χ1n) is 5.42. The van der Waals surface area contributed by atoms with Crippen molar-refractivity contribution in [1.29, 1.82) is 0 Å². The van der Waals surface area contributed by atoms with Crippen LogP contribution in [-0.2, 0) is 17.8 Å². The highest BCUT2D eigenvalue weighted by Crippen LogP contribution is 1.93. The Morgan fingerprint density at radius 2 is 2.47 bits per heavy atom. The first-order valence-corrected chi connectivity index (χ1v) is 5.42. The number of H-pyrrole nitrogens is 1. The number of aryl methyl sites for hydroxylation is 1. The molecule has 0 bridgehead atoms. The third-order valence-corrected chi connectivity index (χ3v) is 2.24. The van der Waals surface area contributed by atoms with E-state index in [4.69, 9.17) is 0 Å². The van der Waals surface area contributed by atoms with Gasteiger partial charge in [0, 0.05) is 25.4 Å². The van der Waals surface area contributed by atoms with Crippen molar-refractivity contribution in [2.45, 2.75) is 19.4 Å². The molecule has 7 nitrogen and oxygen atoms in total. The Balaban J connectivity index is 1.60. The number of aromatic nitrogens is 5. The van der Waals surface area contributed by atoms with Gasteiger partial charge < -0.3 is 10.3 Å². The number of rotatable bonds is 6. The topological polar surface area (TPSA) is 88.5 Å². The molecule has 0 saturated heterocycles. The number of aromatic amines is 1. The first kappa shape index (κ1) is 11.3. The summed E-state index contributed by atoms with van der Waals surface area (Å²) in [6.45, 7) is 0.842. The fraction of sp³-hybridized carbons (Fsp3) is 0.400. The summed E-state index contributed by atoms with van der Waals surface area (Å²) in [6, 6.07) is 0. The van der Waals surface area contributed by atoms with Crippen LogP contribution < -0.4 is 5.32 Å². The quantitative estimate of drug-likeness (QED) is 0.674. The summed E-state index contributed by atoms with van der Waals surface area (Å²) in [6.07, 6.45) is 8.12. The fourth-order valence-electron chi connectivity index (χ4n) is 1.44. The van der Waals surface area contributed by atoms with Crippen LogP contribution in [0.15, 0.2) is 25.0 Å². The van der Waals surface area contributed by atoms with Crippen molar-refractivity contribution in [3.8, 4) is 0 Å². The number of carbonyl (C=O) groups excluding carboxylic acids is 1. The standard InChI is InChI=1S/C10H14N6O/c17-10(6-16-8-11-7-15-16)14-3-1-2-9-12-4-5-13-9/h4-5,7-8H,1-3,6H2,(H,12,13)(H,14,17). The first-order chi connectivity index (χ1) is 8.34. The number of nitrogens with zero attached hydrogens (tertiary/aromatic N) is 4. The van der Waals surface area contributed by atoms with E-state index in [-0.39, 0.29) is 12.5 Å². The van der Waals surface area contributed by atoms with Crippen molar-refractivity contribution in [3.63, 3.8) is 0 Å². The second-order valence-corrected chi connectivity index (χ2v) is 3.58. The van der Waals surface area contributed by atoms with Crippen LogP contribution in [-0.4, -0.2) is 37.2 Å². The molecule has 2 aromatic heterocycles. The van der Waals surface area contributed by atoms with Crippen LogP contribution in [0, 0.1) is 0 Å². The molecule has 2 aromatic rings. The van der Waals surface area contributed by atoms with Crippen molar-refractivity contribution in [3.05, 3.63) is 30.9 Å². The van der Waals surface area contributed by atoms with Crippen LogP contribution in [0.4, 0.5) is 0 Å². The lowest BCUT2D eigenvalue weighted by atomic mass is 10.3. The number of nitrogens with one attached hydrogen (secondary N) is 2. The molecule has 2 heterocycles. The predicted molar refractivity (Wildman–Crippen MR) is 59.9 cm³/mol. The minimum atomic E-state index is -0.0602. The van der Waals surface area contributed by atoms with Crippen LogP contribution in [0.25, 0.3) is 0 Å². The lowest BCUT2D eigenvalue weighted by Gasteiger charge is -2.03. The third kappa shape index (κ3) is 3.71. The molecule has 0 spiro atoms. The summed E-state index contributed by atoms with van der Waals surface area (Å²) >= 11 is 0. The van der Waals surface area contributed by atoms with Crippen LogP contribution in [0.3, 0.4) is 0 Å². The summed E-state index contributed by atoms with van der Waals surface area (Å²) in [4.78, 5) is 22.3. The van der Waals surface area contributed by atoms with Crippen LogP contribution in [0.5, 0.6) is 0 Å². The zero-order valence-corrected chi connectivity index (χ0v) is 9.33. The molecule has 0 atom stereocenters. The maximum atomic E-state index is 11.4. The summed E-state index contributed by atoms with van der Waals surface area (Å²) < 4.78 is 1.49. The molecule has 0 fully saturated rings. The van der Waals surface area contributed by atoms with Gasteiger partial charge in [-0.1, -0.05) is 0 Å². The fourth-order valence-corrected chi connectivity index (χ4v) is 1.44. The van der Waals surface area contributed by atoms with Gasteiger partial charge in [0.25, 0.3) is 0 Å². The lowest BCUT2D eigenvalue weighted by Crippen LogP contribution is -2.28. The van der Waals surface area contributed by atoms with Crippen molar-refractivity contribution >= 4 is 5.91 Å². The Morgan fingerprint density at radius 3 is 3.18 bits per heavy atom. The highest BCUT2D eigenvalue weighted by molar-refractivity contribution is 5.75. The number of imidazole rings is 1. The predicted octanol–water partition coefficient (Wildman–Crippen LogP) is -0.250. The van der Waals surface area contributed by atoms with Crippen molar-refractivity contribution in [2.75, 3.05) is 6.54 Å². The molecule has 0 aliphatic heterocycles. The molecule has 0 unspecified atom stereocenters. The normalized spacial score (nSPS) is 10.4. The maximum Gasteiger partial charge on any atom is 0.241 e. The monoisotopic (exact) mass is 234 g/mol. The Hall–Kier alpha value is -2.18. The van der Waals surface area contributed by atoms with Gasteiger partial charge in [0.05, 0.1) is 0 Å². The Bertz CT molecular complexity index is 435. The Kier molecular flexibility index (Phi) is 3.85. The van der Waals surface area contributed by atoms with Gasteiger partial charge >= 0.3 is 0 Å². The van der Waals surface area contributed by atoms with Gasteiger partial charge in [-0.2, -0.15) is 5.10 Å². The molecule has 1 amide bonds. The molecule has 0 saturated carbocycles. The Morgan fingerprint density at radius 1 is 1.53 bits per heavy atom. The summed E-state index contributed by atoms with van der Waals surface area (Å²) in [7, 11) is 0. The van der Waals surface area contributed by atoms with Gasteiger partial charge in [-0.05, 0) is 6.42 Å². The molecular formula is C10H14N6O. The second kappa shape index (κ2) is 5.78. The third-order valence-electron chi connectivity index (χ3n) is 2.24. The lowest BCUT2D eigenvalue weighted by molar-refractivity contribution is -0.121. The number of amides is 1. The molecule has 2 rings (SSSR count). The largest absolute Gasteiger partial charge is 0.354 e. The maximum absolute atomic E-state index is 11.4. The van der Waals surface area contributed by atoms with Gasteiger partial charge in [0.2, 0.25) is 5.91 Å². The molecule has 0 aliphatic carbocycles. The van der Waals surface area contributed by atoms with Crippen LogP contribution >= 0.6 is 0 Å². The summed E-state index contributed by atoms with van der Waals surface area (Å²) in [5.74, 6) is 0.880. The zero-order valence-electron chi connectivity index (χ0n) is 9.33. The van der Waals surface area contributed by atoms with Crippen molar-refractivity contribution in [2.24, 2.45) is 0 Å². The van der Waals surface area contributed by atoms with Crippen molar-refractivity contribution in [1.82, 2.24) is 30.0 Å². The van der Waals surface area contributed by atoms with E-state index < -0.39 is 0 Å². The van der Waals surface area contributed by atoms with E-state index >= 15 is 0 Å². The number of hydrogen-bond donors (Lipinski definition) is 2. The Labute approximate surface area is 98.3 Å². The average Bonchev–Trinajstić information content (AvgIpc) is 2.96. The highest BCUT2D eigenvalue weighted by atomic mass is 16.2. The highest BCUT2D eigenvalue weighted by Gasteiger charge is 2.02. The molecule has 17 heavy (non-hydrogen) atoms. The number of hydrogen-bond acceptors (Lipinski definition) is 4. The second-order valence-electron chi connectivity index (χ2n) is 3.58. The minimum Gasteiger partial charge on any atom is -0.354 e. The summed E-state index contributed by atoms with van der Waals surface area (Å²) in [5, 5.41) is 6.67. The van der Waals surface area contributed by atoms with Gasteiger partial charge in [0.15, 0.2) is 0 Å². The van der Waals surface area contributed by atoms with Gasteiger partial charge in [0.1, 0.15) is 25.0 Å². The smallest absolute Gasteiger partial charge is 0.241 e. The number of carbonyl (C=O) groups is 1. The van der Waals surface area contributed by atoms with E-state index in [0.29, 0.717) is 6.54 Å². The van der Waals surface area contributed by atoms with Gasteiger partial charge in [-0.15, -0.1) is 0 Å². The van der Waals surface area contributed by atoms with Crippen LogP contribution in [0.1, 0.15) is 12.2 Å².